The Morgan fingerprint density at radius 3 is 2.94 bits per heavy atom. The molecule has 7 heteroatoms. The molecular weight excluding hydrogens is 238 g/mol. The van der Waals surface area contributed by atoms with Crippen molar-refractivity contribution in [3.05, 3.63) is 0 Å². The van der Waals surface area contributed by atoms with Crippen LogP contribution < -0.4 is 0 Å². The van der Waals surface area contributed by atoms with Crippen LogP contribution in [0.4, 0.5) is 0 Å². The molecule has 0 aromatic carbocycles. The van der Waals surface area contributed by atoms with Crippen molar-refractivity contribution in [2.45, 2.75) is 36.9 Å². The van der Waals surface area contributed by atoms with E-state index in [2.05, 4.69) is 15.5 Å². The Kier molecular flexibility index (Phi) is 3.98. The SMILES string of the molecule is CN(C)C(=O)CCCSc1nnnn1C1CC1. The van der Waals surface area contributed by atoms with E-state index >= 15 is 0 Å². The summed E-state index contributed by atoms with van der Waals surface area (Å²) in [7, 11) is 3.56. The molecule has 0 N–H and O–H groups in total. The second-order valence-corrected chi connectivity index (χ2v) is 5.44. The van der Waals surface area contributed by atoms with Gasteiger partial charge in [-0.3, -0.25) is 4.79 Å². The summed E-state index contributed by atoms with van der Waals surface area (Å²) in [5.41, 5.74) is 0. The van der Waals surface area contributed by atoms with E-state index in [1.165, 1.54) is 12.8 Å². The fraction of sp³-hybridized carbons (Fsp3) is 0.800. The van der Waals surface area contributed by atoms with Crippen LogP contribution >= 0.6 is 11.8 Å². The Morgan fingerprint density at radius 2 is 2.29 bits per heavy atom. The normalized spacial score (nSPS) is 14.9. The van der Waals surface area contributed by atoms with Gasteiger partial charge in [0.1, 0.15) is 0 Å². The molecule has 0 bridgehead atoms. The fourth-order valence-corrected chi connectivity index (χ4v) is 2.32. The summed E-state index contributed by atoms with van der Waals surface area (Å²) in [6, 6.07) is 0.510. The van der Waals surface area contributed by atoms with E-state index in [-0.39, 0.29) is 5.91 Å². The van der Waals surface area contributed by atoms with Crippen molar-refractivity contribution in [2.24, 2.45) is 0 Å². The molecule has 0 saturated heterocycles. The lowest BCUT2D eigenvalue weighted by Gasteiger charge is -2.09. The first-order chi connectivity index (χ1) is 8.18. The molecule has 0 spiro atoms. The molecule has 1 fully saturated rings. The van der Waals surface area contributed by atoms with Crippen molar-refractivity contribution in [3.8, 4) is 0 Å². The lowest BCUT2D eigenvalue weighted by molar-refractivity contribution is -0.128. The molecule has 0 atom stereocenters. The third kappa shape index (κ3) is 3.42. The molecule has 1 aliphatic carbocycles. The van der Waals surface area contributed by atoms with E-state index < -0.39 is 0 Å². The molecule has 94 valence electrons. The van der Waals surface area contributed by atoms with E-state index in [9.17, 15) is 4.79 Å². The van der Waals surface area contributed by atoms with Gasteiger partial charge in [-0.25, -0.2) is 4.68 Å². The summed E-state index contributed by atoms with van der Waals surface area (Å²) >= 11 is 1.63. The first-order valence-electron chi connectivity index (χ1n) is 5.79. The third-order valence-electron chi connectivity index (χ3n) is 2.62. The average molecular weight is 255 g/mol. The number of carbonyl (C=O) groups excluding carboxylic acids is 1. The van der Waals surface area contributed by atoms with Crippen molar-refractivity contribution in [2.75, 3.05) is 19.8 Å². The average Bonchev–Trinajstić information content (AvgIpc) is 3.04. The minimum absolute atomic E-state index is 0.174. The predicted octanol–water partition coefficient (Wildman–Crippen LogP) is 0.968. The summed E-state index contributed by atoms with van der Waals surface area (Å²) in [6.07, 6.45) is 3.81. The van der Waals surface area contributed by atoms with Gasteiger partial charge in [-0.2, -0.15) is 0 Å². The second-order valence-electron chi connectivity index (χ2n) is 4.38. The Hall–Kier alpha value is -1.11. The molecule has 0 aliphatic heterocycles. The minimum Gasteiger partial charge on any atom is -0.349 e. The quantitative estimate of drug-likeness (QED) is 0.560. The molecule has 0 radical (unpaired) electrons. The van der Waals surface area contributed by atoms with E-state index in [1.807, 2.05) is 4.68 Å². The number of hydrogen-bond donors (Lipinski definition) is 0. The van der Waals surface area contributed by atoms with Crippen LogP contribution in [0.2, 0.25) is 0 Å². The maximum absolute atomic E-state index is 11.4. The Labute approximate surface area is 105 Å². The monoisotopic (exact) mass is 255 g/mol. The number of nitrogens with zero attached hydrogens (tertiary/aromatic N) is 5. The number of hydrogen-bond acceptors (Lipinski definition) is 5. The lowest BCUT2D eigenvalue weighted by atomic mass is 10.3. The van der Waals surface area contributed by atoms with Gasteiger partial charge in [-0.1, -0.05) is 11.8 Å². The molecule has 1 aromatic rings. The van der Waals surface area contributed by atoms with Gasteiger partial charge in [0.25, 0.3) is 0 Å². The highest BCUT2D eigenvalue weighted by Gasteiger charge is 2.27. The van der Waals surface area contributed by atoms with Crippen LogP contribution in [0.1, 0.15) is 31.7 Å². The molecule has 1 aromatic heterocycles. The van der Waals surface area contributed by atoms with Crippen molar-refractivity contribution in [3.63, 3.8) is 0 Å². The summed E-state index contributed by atoms with van der Waals surface area (Å²) in [6.45, 7) is 0. The first kappa shape index (κ1) is 12.3. The van der Waals surface area contributed by atoms with Crippen molar-refractivity contribution < 1.29 is 4.79 Å². The van der Waals surface area contributed by atoms with Gasteiger partial charge < -0.3 is 4.90 Å². The van der Waals surface area contributed by atoms with Crippen LogP contribution in [0, 0.1) is 0 Å². The Morgan fingerprint density at radius 1 is 1.53 bits per heavy atom. The summed E-state index contributed by atoms with van der Waals surface area (Å²) in [4.78, 5) is 13.0. The predicted molar refractivity (Wildman–Crippen MR) is 64.7 cm³/mol. The molecule has 1 amide bonds. The molecule has 1 heterocycles. The molecular formula is C10H17N5OS. The van der Waals surface area contributed by atoms with Crippen LogP contribution in [0.15, 0.2) is 5.16 Å². The zero-order chi connectivity index (χ0) is 12.3. The maximum atomic E-state index is 11.4. The van der Waals surface area contributed by atoms with Crippen LogP contribution in [-0.2, 0) is 4.79 Å². The van der Waals surface area contributed by atoms with E-state index in [0.717, 1.165) is 17.3 Å². The molecule has 0 unspecified atom stereocenters. The smallest absolute Gasteiger partial charge is 0.222 e. The largest absolute Gasteiger partial charge is 0.349 e. The van der Waals surface area contributed by atoms with Crippen LogP contribution in [0.3, 0.4) is 0 Å². The first-order valence-corrected chi connectivity index (χ1v) is 6.78. The molecule has 2 rings (SSSR count). The van der Waals surface area contributed by atoms with Gasteiger partial charge in [-0.05, 0) is 29.7 Å². The summed E-state index contributed by atoms with van der Waals surface area (Å²) < 4.78 is 1.90. The van der Waals surface area contributed by atoms with E-state index in [4.69, 9.17) is 0 Å². The highest BCUT2D eigenvalue weighted by Crippen LogP contribution is 2.36. The number of tetrazole rings is 1. The molecule has 1 saturated carbocycles. The topological polar surface area (TPSA) is 63.9 Å². The van der Waals surface area contributed by atoms with Gasteiger partial charge >= 0.3 is 0 Å². The van der Waals surface area contributed by atoms with Gasteiger partial charge in [-0.15, -0.1) is 5.10 Å². The zero-order valence-electron chi connectivity index (χ0n) is 10.2. The maximum Gasteiger partial charge on any atom is 0.222 e. The summed E-state index contributed by atoms with van der Waals surface area (Å²) in [5.74, 6) is 1.06. The van der Waals surface area contributed by atoms with Crippen LogP contribution in [0.5, 0.6) is 0 Å². The second kappa shape index (κ2) is 5.48. The van der Waals surface area contributed by atoms with Crippen molar-refractivity contribution in [1.29, 1.82) is 0 Å². The number of carbonyl (C=O) groups is 1. The Balaban J connectivity index is 1.71. The standard InChI is InChI=1S/C10H17N5OS/c1-14(2)9(16)4-3-7-17-10-11-12-13-15(10)8-5-6-8/h8H,3-7H2,1-2H3. The van der Waals surface area contributed by atoms with E-state index in [1.54, 1.807) is 30.8 Å². The molecule has 17 heavy (non-hydrogen) atoms. The van der Waals surface area contributed by atoms with E-state index in [0.29, 0.717) is 12.5 Å². The van der Waals surface area contributed by atoms with Gasteiger partial charge in [0.15, 0.2) is 0 Å². The van der Waals surface area contributed by atoms with Gasteiger partial charge in [0.05, 0.1) is 6.04 Å². The molecule has 1 aliphatic rings. The highest BCUT2D eigenvalue weighted by atomic mass is 32.2. The third-order valence-corrected chi connectivity index (χ3v) is 3.64. The minimum atomic E-state index is 0.174. The van der Waals surface area contributed by atoms with Gasteiger partial charge in [0, 0.05) is 26.3 Å². The number of aromatic nitrogens is 4. The van der Waals surface area contributed by atoms with Crippen molar-refractivity contribution in [1.82, 2.24) is 25.1 Å². The highest BCUT2D eigenvalue weighted by molar-refractivity contribution is 7.99. The lowest BCUT2D eigenvalue weighted by Crippen LogP contribution is -2.21. The van der Waals surface area contributed by atoms with Crippen molar-refractivity contribution >= 4 is 17.7 Å². The number of amides is 1. The fourth-order valence-electron chi connectivity index (χ4n) is 1.44. The summed E-state index contributed by atoms with van der Waals surface area (Å²) in [5, 5.41) is 12.6. The van der Waals surface area contributed by atoms with Gasteiger partial charge in [0.2, 0.25) is 11.1 Å². The van der Waals surface area contributed by atoms with Crippen LogP contribution in [-0.4, -0.2) is 50.9 Å². The number of rotatable bonds is 6. The Bertz CT molecular complexity index is 388. The zero-order valence-corrected chi connectivity index (χ0v) is 11.0. The number of thioether (sulfide) groups is 1. The molecule has 6 nitrogen and oxygen atoms in total. The van der Waals surface area contributed by atoms with Crippen LogP contribution in [0.25, 0.3) is 0 Å².